The van der Waals surface area contributed by atoms with E-state index >= 15 is 0 Å². The molecule has 0 aliphatic carbocycles. The van der Waals surface area contributed by atoms with E-state index in [1.807, 2.05) is 18.2 Å². The largest absolute Gasteiger partial charge is 0.484 e. The molecule has 5 nitrogen and oxygen atoms in total. The molecule has 1 fully saturated rings. The molecule has 6 heteroatoms. The van der Waals surface area contributed by atoms with E-state index in [1.54, 1.807) is 19.1 Å². The summed E-state index contributed by atoms with van der Waals surface area (Å²) in [4.78, 5) is 11.8. The van der Waals surface area contributed by atoms with Gasteiger partial charge in [-0.3, -0.25) is 4.79 Å². The van der Waals surface area contributed by atoms with Crippen molar-refractivity contribution in [2.75, 3.05) is 18.1 Å². The highest BCUT2D eigenvalue weighted by Crippen LogP contribution is 2.22. The number of nitrogens with one attached hydrogen (secondary N) is 1. The minimum absolute atomic E-state index is 0.00290. The van der Waals surface area contributed by atoms with Gasteiger partial charge in [0.1, 0.15) is 5.75 Å². The van der Waals surface area contributed by atoms with Crippen LogP contribution in [0.25, 0.3) is 0 Å². The lowest BCUT2D eigenvalue weighted by Crippen LogP contribution is -2.48. The zero-order valence-corrected chi connectivity index (χ0v) is 11.6. The molecule has 0 spiro atoms. The molecular formula is C13H17NO4S. The van der Waals surface area contributed by atoms with E-state index in [4.69, 9.17) is 4.74 Å². The van der Waals surface area contributed by atoms with Crippen LogP contribution in [0.15, 0.2) is 30.3 Å². The van der Waals surface area contributed by atoms with Gasteiger partial charge in [0.2, 0.25) is 0 Å². The third-order valence-corrected chi connectivity index (χ3v) is 4.96. The topological polar surface area (TPSA) is 72.5 Å². The van der Waals surface area contributed by atoms with Crippen molar-refractivity contribution in [2.45, 2.75) is 18.9 Å². The van der Waals surface area contributed by atoms with Crippen LogP contribution in [0.3, 0.4) is 0 Å². The van der Waals surface area contributed by atoms with Gasteiger partial charge >= 0.3 is 0 Å². The third-order valence-electron chi connectivity index (χ3n) is 3.06. The summed E-state index contributed by atoms with van der Waals surface area (Å²) in [7, 11) is -3.02. The maximum atomic E-state index is 11.8. The van der Waals surface area contributed by atoms with E-state index in [-0.39, 0.29) is 24.0 Å². The first kappa shape index (κ1) is 13.9. The first-order valence-corrected chi connectivity index (χ1v) is 7.90. The van der Waals surface area contributed by atoms with Crippen molar-refractivity contribution >= 4 is 15.7 Å². The van der Waals surface area contributed by atoms with Crippen molar-refractivity contribution in [2.24, 2.45) is 0 Å². The van der Waals surface area contributed by atoms with E-state index < -0.39 is 15.4 Å². The summed E-state index contributed by atoms with van der Waals surface area (Å²) in [5, 5.41) is 2.74. The van der Waals surface area contributed by atoms with Crippen molar-refractivity contribution in [1.82, 2.24) is 5.32 Å². The van der Waals surface area contributed by atoms with Gasteiger partial charge in [-0.1, -0.05) is 18.2 Å². The Hall–Kier alpha value is -1.56. The van der Waals surface area contributed by atoms with Gasteiger partial charge in [-0.2, -0.15) is 0 Å². The predicted molar refractivity (Wildman–Crippen MR) is 71.8 cm³/mol. The summed E-state index contributed by atoms with van der Waals surface area (Å²) in [6.45, 7) is 1.64. The van der Waals surface area contributed by atoms with E-state index in [1.165, 1.54) is 0 Å². The number of carbonyl (C=O) groups is 1. The lowest BCUT2D eigenvalue weighted by molar-refractivity contribution is -0.124. The molecule has 1 aromatic rings. The number of ether oxygens (including phenoxy) is 1. The van der Waals surface area contributed by atoms with Crippen LogP contribution in [0.1, 0.15) is 13.3 Å². The first-order valence-electron chi connectivity index (χ1n) is 6.08. The van der Waals surface area contributed by atoms with Crippen molar-refractivity contribution < 1.29 is 17.9 Å². The van der Waals surface area contributed by atoms with Crippen LogP contribution in [0.5, 0.6) is 5.75 Å². The van der Waals surface area contributed by atoms with E-state index in [0.717, 1.165) is 0 Å². The molecule has 1 atom stereocenters. The van der Waals surface area contributed by atoms with Crippen molar-refractivity contribution in [3.05, 3.63) is 30.3 Å². The van der Waals surface area contributed by atoms with Gasteiger partial charge in [0, 0.05) is 0 Å². The Morgan fingerprint density at radius 1 is 1.37 bits per heavy atom. The number of hydrogen-bond donors (Lipinski definition) is 1. The molecule has 1 heterocycles. The average molecular weight is 283 g/mol. The molecule has 1 unspecified atom stereocenters. The van der Waals surface area contributed by atoms with E-state index in [9.17, 15) is 13.2 Å². The lowest BCUT2D eigenvalue weighted by atomic mass is 10.0. The molecule has 0 bridgehead atoms. The SMILES string of the molecule is CC1(NC(=O)COc2ccccc2)CCS(=O)(=O)C1. The number of benzene rings is 1. The lowest BCUT2D eigenvalue weighted by Gasteiger charge is -2.23. The van der Waals surface area contributed by atoms with Crippen molar-refractivity contribution in [1.29, 1.82) is 0 Å². The van der Waals surface area contributed by atoms with Gasteiger partial charge in [0.05, 0.1) is 17.0 Å². The number of amides is 1. The zero-order valence-electron chi connectivity index (χ0n) is 10.8. The highest BCUT2D eigenvalue weighted by Gasteiger charge is 2.39. The third kappa shape index (κ3) is 3.96. The van der Waals surface area contributed by atoms with Crippen molar-refractivity contribution in [3.8, 4) is 5.75 Å². The average Bonchev–Trinajstić information content (AvgIpc) is 2.62. The molecule has 19 heavy (non-hydrogen) atoms. The minimum Gasteiger partial charge on any atom is -0.484 e. The summed E-state index contributed by atoms with van der Waals surface area (Å²) >= 11 is 0. The quantitative estimate of drug-likeness (QED) is 0.885. The predicted octanol–water partition coefficient (Wildman–Crippen LogP) is 0.759. The molecule has 1 aromatic carbocycles. The van der Waals surface area contributed by atoms with E-state index in [2.05, 4.69) is 5.32 Å². The fourth-order valence-electron chi connectivity index (χ4n) is 2.15. The Kier molecular flexibility index (Phi) is 3.80. The highest BCUT2D eigenvalue weighted by atomic mass is 32.2. The molecular weight excluding hydrogens is 266 g/mol. The Bertz CT molecular complexity index is 555. The number of carbonyl (C=O) groups excluding carboxylic acids is 1. The second-order valence-electron chi connectivity index (χ2n) is 5.05. The smallest absolute Gasteiger partial charge is 0.258 e. The second-order valence-corrected chi connectivity index (χ2v) is 7.24. The molecule has 2 rings (SSSR count). The molecule has 1 aliphatic heterocycles. The van der Waals surface area contributed by atoms with Crippen LogP contribution in [-0.4, -0.2) is 38.0 Å². The normalized spacial score (nSPS) is 24.9. The van der Waals surface area contributed by atoms with Crippen LogP contribution >= 0.6 is 0 Å². The molecule has 1 N–H and O–H groups in total. The Morgan fingerprint density at radius 3 is 2.63 bits per heavy atom. The second kappa shape index (κ2) is 5.21. The fourth-order valence-corrected chi connectivity index (χ4v) is 4.24. The summed E-state index contributed by atoms with van der Waals surface area (Å²) in [6, 6.07) is 9.01. The van der Waals surface area contributed by atoms with Crippen LogP contribution in [-0.2, 0) is 14.6 Å². The number of sulfone groups is 1. The van der Waals surface area contributed by atoms with Gasteiger partial charge in [-0.15, -0.1) is 0 Å². The standard InChI is InChI=1S/C13H17NO4S/c1-13(7-8-19(16,17)10-13)14-12(15)9-18-11-5-3-2-4-6-11/h2-6H,7-10H2,1H3,(H,14,15). The molecule has 1 saturated heterocycles. The van der Waals surface area contributed by atoms with Crippen LogP contribution < -0.4 is 10.1 Å². The maximum absolute atomic E-state index is 11.8. The van der Waals surface area contributed by atoms with Gasteiger partial charge < -0.3 is 10.1 Å². The molecule has 1 amide bonds. The van der Waals surface area contributed by atoms with Gasteiger partial charge in [-0.05, 0) is 25.5 Å². The highest BCUT2D eigenvalue weighted by molar-refractivity contribution is 7.91. The molecule has 104 valence electrons. The fraction of sp³-hybridized carbons (Fsp3) is 0.462. The Morgan fingerprint density at radius 2 is 2.05 bits per heavy atom. The monoisotopic (exact) mass is 283 g/mol. The van der Waals surface area contributed by atoms with Crippen molar-refractivity contribution in [3.63, 3.8) is 0 Å². The molecule has 1 aliphatic rings. The molecule has 0 aromatic heterocycles. The van der Waals surface area contributed by atoms with Gasteiger partial charge in [0.25, 0.3) is 5.91 Å². The first-order chi connectivity index (χ1) is 8.89. The van der Waals surface area contributed by atoms with Gasteiger partial charge in [0.15, 0.2) is 16.4 Å². The van der Waals surface area contributed by atoms with Crippen LogP contribution in [0.2, 0.25) is 0 Å². The van der Waals surface area contributed by atoms with Gasteiger partial charge in [-0.25, -0.2) is 8.42 Å². The Labute approximate surface area is 112 Å². The number of para-hydroxylation sites is 1. The number of rotatable bonds is 4. The molecule has 0 radical (unpaired) electrons. The molecule has 0 saturated carbocycles. The minimum atomic E-state index is -3.02. The number of hydrogen-bond acceptors (Lipinski definition) is 4. The van der Waals surface area contributed by atoms with Crippen LogP contribution in [0, 0.1) is 0 Å². The summed E-state index contributed by atoms with van der Waals surface area (Å²) in [5.74, 6) is 0.436. The van der Waals surface area contributed by atoms with E-state index in [0.29, 0.717) is 12.2 Å². The Balaban J connectivity index is 1.85. The summed E-state index contributed by atoms with van der Waals surface area (Å²) in [5.41, 5.74) is -0.671. The summed E-state index contributed by atoms with van der Waals surface area (Å²) < 4.78 is 28.2. The van der Waals surface area contributed by atoms with Crippen LogP contribution in [0.4, 0.5) is 0 Å². The summed E-state index contributed by atoms with van der Waals surface area (Å²) in [6.07, 6.45) is 0.451. The zero-order chi connectivity index (χ0) is 13.9. The maximum Gasteiger partial charge on any atom is 0.258 e.